The van der Waals surface area contributed by atoms with Gasteiger partial charge in [-0.05, 0) is 30.9 Å². The molecule has 1 saturated heterocycles. The molecule has 90 valence electrons. The van der Waals surface area contributed by atoms with E-state index in [9.17, 15) is 10.1 Å². The monoisotopic (exact) mass is 233 g/mol. The van der Waals surface area contributed by atoms with Gasteiger partial charge in [0.1, 0.15) is 0 Å². The molecule has 1 aromatic carbocycles. The summed E-state index contributed by atoms with van der Waals surface area (Å²) in [7, 11) is 0. The Balaban J connectivity index is 1.72. The van der Waals surface area contributed by atoms with Gasteiger partial charge >= 0.3 is 0 Å². The molecule has 0 aromatic heterocycles. The van der Waals surface area contributed by atoms with Crippen molar-refractivity contribution in [2.45, 2.75) is 13.0 Å². The fourth-order valence-corrected chi connectivity index (χ4v) is 2.77. The quantitative estimate of drug-likeness (QED) is 0.613. The molecular weight excluding hydrogens is 218 g/mol. The van der Waals surface area contributed by atoms with E-state index in [1.807, 2.05) is 6.07 Å². The fourth-order valence-electron chi connectivity index (χ4n) is 2.77. The Labute approximate surface area is 99.4 Å². The molecule has 2 aliphatic rings. The van der Waals surface area contributed by atoms with Crippen LogP contribution < -0.4 is 10.6 Å². The molecule has 2 N–H and O–H groups in total. The van der Waals surface area contributed by atoms with E-state index in [4.69, 9.17) is 0 Å². The number of nitrogens with one attached hydrogen (secondary N) is 2. The summed E-state index contributed by atoms with van der Waals surface area (Å²) in [5.74, 6) is 1.48. The van der Waals surface area contributed by atoms with E-state index in [0.29, 0.717) is 11.6 Å². The van der Waals surface area contributed by atoms with E-state index < -0.39 is 0 Å². The summed E-state index contributed by atoms with van der Waals surface area (Å²) in [4.78, 5) is 10.4. The maximum atomic E-state index is 10.7. The summed E-state index contributed by atoms with van der Waals surface area (Å²) in [5, 5.41) is 17.5. The van der Waals surface area contributed by atoms with Crippen LogP contribution in [0.3, 0.4) is 0 Å². The maximum Gasteiger partial charge on any atom is 0.272 e. The minimum atomic E-state index is -0.338. The van der Waals surface area contributed by atoms with Crippen LogP contribution in [0.4, 0.5) is 11.4 Å². The molecule has 2 unspecified atom stereocenters. The van der Waals surface area contributed by atoms with Crippen molar-refractivity contribution >= 4 is 11.4 Å². The lowest BCUT2D eigenvalue weighted by Gasteiger charge is -2.09. The number of fused-ring (bicyclic) bond motifs is 1. The molecule has 1 aromatic rings. The van der Waals surface area contributed by atoms with Crippen molar-refractivity contribution in [3.05, 3.63) is 33.9 Å². The van der Waals surface area contributed by atoms with E-state index >= 15 is 0 Å². The van der Waals surface area contributed by atoms with Crippen LogP contribution in [0.5, 0.6) is 0 Å². The third kappa shape index (κ3) is 1.76. The number of nitrogens with zero attached hydrogens (tertiary/aromatic N) is 1. The lowest BCUT2D eigenvalue weighted by atomic mass is 10.2. The van der Waals surface area contributed by atoms with Gasteiger partial charge in [0.05, 0.1) is 4.92 Å². The second-order valence-corrected chi connectivity index (χ2v) is 4.91. The zero-order valence-corrected chi connectivity index (χ0v) is 9.64. The third-order valence-electron chi connectivity index (χ3n) is 3.82. The van der Waals surface area contributed by atoms with Crippen molar-refractivity contribution < 1.29 is 4.92 Å². The van der Waals surface area contributed by atoms with Gasteiger partial charge < -0.3 is 10.6 Å². The second-order valence-electron chi connectivity index (χ2n) is 4.91. The minimum Gasteiger partial charge on any atom is -0.382 e. The Morgan fingerprint density at radius 3 is 2.71 bits per heavy atom. The molecule has 1 aliphatic carbocycles. The first-order chi connectivity index (χ1) is 8.16. The van der Waals surface area contributed by atoms with Gasteiger partial charge in [-0.3, -0.25) is 10.1 Å². The summed E-state index contributed by atoms with van der Waals surface area (Å²) in [5.41, 5.74) is 1.89. The molecule has 0 radical (unpaired) electrons. The predicted molar refractivity (Wildman–Crippen MR) is 65.1 cm³/mol. The number of hydrogen-bond donors (Lipinski definition) is 2. The van der Waals surface area contributed by atoms with E-state index in [1.165, 1.54) is 0 Å². The summed E-state index contributed by atoms with van der Waals surface area (Å²) < 4.78 is 0. The highest BCUT2D eigenvalue weighted by atomic mass is 16.6. The van der Waals surface area contributed by atoms with Crippen molar-refractivity contribution in [3.8, 4) is 0 Å². The molecule has 2 fully saturated rings. The van der Waals surface area contributed by atoms with Crippen LogP contribution >= 0.6 is 0 Å². The van der Waals surface area contributed by atoms with Gasteiger partial charge in [0.2, 0.25) is 0 Å². The van der Waals surface area contributed by atoms with Crippen LogP contribution in [0.2, 0.25) is 0 Å². The highest BCUT2D eigenvalue weighted by Gasteiger charge is 2.52. The summed E-state index contributed by atoms with van der Waals surface area (Å²) >= 11 is 0. The molecular formula is C12H15N3O2. The Morgan fingerprint density at radius 1 is 1.41 bits per heavy atom. The molecule has 2 atom stereocenters. The first kappa shape index (κ1) is 10.5. The van der Waals surface area contributed by atoms with E-state index in [-0.39, 0.29) is 10.6 Å². The molecule has 0 spiro atoms. The van der Waals surface area contributed by atoms with Crippen LogP contribution in [0, 0.1) is 28.9 Å². The van der Waals surface area contributed by atoms with Crippen molar-refractivity contribution in [2.75, 3.05) is 18.4 Å². The Bertz CT molecular complexity index is 465. The highest BCUT2D eigenvalue weighted by Crippen LogP contribution is 2.43. The number of hydrogen-bond acceptors (Lipinski definition) is 4. The maximum absolute atomic E-state index is 10.7. The number of nitro benzene ring substituents is 1. The number of benzene rings is 1. The first-order valence-electron chi connectivity index (χ1n) is 5.89. The van der Waals surface area contributed by atoms with E-state index in [0.717, 1.165) is 30.6 Å². The number of nitro groups is 1. The molecule has 5 nitrogen and oxygen atoms in total. The minimum absolute atomic E-state index is 0.188. The average Bonchev–Trinajstić information content (AvgIpc) is 2.74. The summed E-state index contributed by atoms with van der Waals surface area (Å²) in [6.45, 7) is 3.96. The standard InChI is InChI=1S/C12H15N3O2/c1-7-4-8(2-3-11(7)15(16)17)14-12-9-5-13-6-10(9)12/h2-4,9-10,12-14H,5-6H2,1H3. The van der Waals surface area contributed by atoms with Crippen LogP contribution in [-0.2, 0) is 0 Å². The summed E-state index contributed by atoms with van der Waals surface area (Å²) in [6, 6.07) is 5.79. The van der Waals surface area contributed by atoms with Crippen LogP contribution in [0.25, 0.3) is 0 Å². The topological polar surface area (TPSA) is 67.2 Å². The van der Waals surface area contributed by atoms with Gasteiger partial charge in [-0.25, -0.2) is 0 Å². The van der Waals surface area contributed by atoms with Gasteiger partial charge in [0.25, 0.3) is 5.69 Å². The zero-order chi connectivity index (χ0) is 12.0. The number of rotatable bonds is 3. The van der Waals surface area contributed by atoms with Crippen molar-refractivity contribution in [2.24, 2.45) is 11.8 Å². The predicted octanol–water partition coefficient (Wildman–Crippen LogP) is 1.53. The zero-order valence-electron chi connectivity index (χ0n) is 9.64. The number of anilines is 1. The average molecular weight is 233 g/mol. The Morgan fingerprint density at radius 2 is 2.12 bits per heavy atom. The Hall–Kier alpha value is -1.62. The lowest BCUT2D eigenvalue weighted by Crippen LogP contribution is -2.21. The molecule has 1 aliphatic heterocycles. The number of aryl methyl sites for hydroxylation is 1. The van der Waals surface area contributed by atoms with Crippen LogP contribution in [0.1, 0.15) is 5.56 Å². The van der Waals surface area contributed by atoms with Crippen LogP contribution in [-0.4, -0.2) is 24.1 Å². The van der Waals surface area contributed by atoms with E-state index in [2.05, 4.69) is 10.6 Å². The molecule has 0 amide bonds. The summed E-state index contributed by atoms with van der Waals surface area (Å²) in [6.07, 6.45) is 0. The van der Waals surface area contributed by atoms with Gasteiger partial charge in [-0.15, -0.1) is 0 Å². The molecule has 0 bridgehead atoms. The number of piperidine rings is 1. The highest BCUT2D eigenvalue weighted by molar-refractivity contribution is 5.55. The van der Waals surface area contributed by atoms with Crippen molar-refractivity contribution in [1.29, 1.82) is 0 Å². The normalized spacial score (nSPS) is 29.8. The third-order valence-corrected chi connectivity index (χ3v) is 3.82. The molecule has 5 heteroatoms. The van der Waals surface area contributed by atoms with Crippen LogP contribution in [0.15, 0.2) is 18.2 Å². The largest absolute Gasteiger partial charge is 0.382 e. The smallest absolute Gasteiger partial charge is 0.272 e. The van der Waals surface area contributed by atoms with Gasteiger partial charge in [0.15, 0.2) is 0 Å². The second kappa shape index (κ2) is 3.70. The fraction of sp³-hybridized carbons (Fsp3) is 0.500. The SMILES string of the molecule is Cc1cc(NC2C3CNCC32)ccc1[N+](=O)[O-]. The van der Waals surface area contributed by atoms with Crippen molar-refractivity contribution in [1.82, 2.24) is 5.32 Å². The Kier molecular flexibility index (Phi) is 2.29. The molecule has 3 rings (SSSR count). The molecule has 1 heterocycles. The van der Waals surface area contributed by atoms with Gasteiger partial charge in [-0.2, -0.15) is 0 Å². The van der Waals surface area contributed by atoms with E-state index in [1.54, 1.807) is 19.1 Å². The first-order valence-corrected chi connectivity index (χ1v) is 5.89. The van der Waals surface area contributed by atoms with Gasteiger partial charge in [-0.1, -0.05) is 0 Å². The molecule has 1 saturated carbocycles. The lowest BCUT2D eigenvalue weighted by molar-refractivity contribution is -0.385. The van der Waals surface area contributed by atoms with Crippen molar-refractivity contribution in [3.63, 3.8) is 0 Å². The molecule has 17 heavy (non-hydrogen) atoms. The van der Waals surface area contributed by atoms with Gasteiger partial charge in [0, 0.05) is 36.4 Å².